The number of aryl methyl sites for hydroxylation is 1. The highest BCUT2D eigenvalue weighted by Gasteiger charge is 2.27. The van der Waals surface area contributed by atoms with Gasteiger partial charge in [0.2, 0.25) is 0 Å². The second kappa shape index (κ2) is 11.7. The Morgan fingerprint density at radius 1 is 0.771 bits per heavy atom. The molecule has 0 radical (unpaired) electrons. The van der Waals surface area contributed by atoms with Gasteiger partial charge in [0.05, 0.1) is 6.61 Å². The summed E-state index contributed by atoms with van der Waals surface area (Å²) in [7, 11) is 0. The summed E-state index contributed by atoms with van der Waals surface area (Å²) in [5.41, 5.74) is 6.07. The monoisotopic (exact) mass is 469 g/mol. The van der Waals surface area contributed by atoms with Crippen LogP contribution in [0.5, 0.6) is 11.5 Å². The van der Waals surface area contributed by atoms with Crippen molar-refractivity contribution in [3.05, 3.63) is 83.4 Å². The second-order valence-electron chi connectivity index (χ2n) is 10.4. The van der Waals surface area contributed by atoms with Crippen LogP contribution in [-0.4, -0.2) is 6.61 Å². The molecule has 3 aromatic rings. The summed E-state index contributed by atoms with van der Waals surface area (Å²) in [6.07, 6.45) is 12.1. The number of ether oxygens (including phenoxy) is 2. The Bertz CT molecular complexity index is 1080. The number of nitrogens with one attached hydrogen (secondary N) is 1. The van der Waals surface area contributed by atoms with Crippen molar-refractivity contribution in [2.45, 2.75) is 77.2 Å². The predicted molar refractivity (Wildman–Crippen MR) is 145 cm³/mol. The van der Waals surface area contributed by atoms with Crippen LogP contribution in [0.25, 0.3) is 0 Å². The maximum Gasteiger partial charge on any atom is 0.121 e. The van der Waals surface area contributed by atoms with Crippen molar-refractivity contribution in [1.29, 1.82) is 0 Å². The first kappa shape index (κ1) is 23.8. The van der Waals surface area contributed by atoms with E-state index in [-0.39, 0.29) is 0 Å². The number of hydrogen-bond donors (Lipinski definition) is 1. The molecule has 0 saturated heterocycles. The normalized spacial score (nSPS) is 16.1. The molecule has 0 bridgehead atoms. The summed E-state index contributed by atoms with van der Waals surface area (Å²) in [6, 6.07) is 23.2. The predicted octanol–water partition coefficient (Wildman–Crippen LogP) is 8.93. The van der Waals surface area contributed by atoms with Crippen LogP contribution in [0.1, 0.15) is 80.4 Å². The van der Waals surface area contributed by atoms with Crippen LogP contribution >= 0.6 is 0 Å². The molecule has 2 fully saturated rings. The Morgan fingerprint density at radius 2 is 1.54 bits per heavy atom. The highest BCUT2D eigenvalue weighted by atomic mass is 16.5. The quantitative estimate of drug-likeness (QED) is 0.284. The lowest BCUT2D eigenvalue weighted by Gasteiger charge is -2.21. The molecular formula is C32H39NO2. The molecule has 0 aliphatic heterocycles. The molecule has 3 nitrogen and oxygen atoms in total. The van der Waals surface area contributed by atoms with Gasteiger partial charge in [0, 0.05) is 17.4 Å². The molecule has 3 heteroatoms. The zero-order valence-corrected chi connectivity index (χ0v) is 21.1. The Kier molecular flexibility index (Phi) is 7.92. The number of hydrogen-bond acceptors (Lipinski definition) is 3. The molecule has 0 spiro atoms. The highest BCUT2D eigenvalue weighted by molar-refractivity contribution is 5.69. The zero-order valence-electron chi connectivity index (χ0n) is 21.1. The third-order valence-corrected chi connectivity index (χ3v) is 7.52. The molecule has 0 unspecified atom stereocenters. The lowest BCUT2D eigenvalue weighted by Crippen LogP contribution is -2.08. The first-order valence-corrected chi connectivity index (χ1v) is 13.6. The standard InChI is InChI=1S/C32H39NO2/c1-24-14-17-29(34-20-8-13-25-9-4-2-5-10-25)22-32(24)33-31-19-18-28(21-30(31)27-15-16-27)35-23-26-11-6-3-7-12-26/h3,6-7,11-12,14,17-19,21-22,25,27,33H,2,4-5,8-10,13,15-16,20,23H2,1H3. The number of benzene rings is 3. The van der Waals surface area contributed by atoms with Gasteiger partial charge in [-0.3, -0.25) is 0 Å². The molecule has 5 rings (SSSR count). The number of rotatable bonds is 11. The zero-order chi connectivity index (χ0) is 23.9. The van der Waals surface area contributed by atoms with Gasteiger partial charge in [-0.25, -0.2) is 0 Å². The largest absolute Gasteiger partial charge is 0.494 e. The summed E-state index contributed by atoms with van der Waals surface area (Å²) < 4.78 is 12.3. The van der Waals surface area contributed by atoms with E-state index < -0.39 is 0 Å². The van der Waals surface area contributed by atoms with E-state index in [0.29, 0.717) is 12.5 Å². The first-order valence-electron chi connectivity index (χ1n) is 13.6. The van der Waals surface area contributed by atoms with Gasteiger partial charge in [-0.05, 0) is 85.4 Å². The molecule has 184 valence electrons. The van der Waals surface area contributed by atoms with Crippen LogP contribution in [0, 0.1) is 12.8 Å². The molecule has 2 aliphatic carbocycles. The Labute approximate surface area is 210 Å². The van der Waals surface area contributed by atoms with Crippen molar-refractivity contribution in [2.75, 3.05) is 11.9 Å². The molecule has 1 N–H and O–H groups in total. The van der Waals surface area contributed by atoms with Crippen LogP contribution < -0.4 is 14.8 Å². The fourth-order valence-electron chi connectivity index (χ4n) is 5.23. The first-order chi connectivity index (χ1) is 17.2. The minimum Gasteiger partial charge on any atom is -0.494 e. The fraction of sp³-hybridized carbons (Fsp3) is 0.438. The van der Waals surface area contributed by atoms with E-state index in [1.54, 1.807) is 0 Å². The molecule has 2 aliphatic rings. The van der Waals surface area contributed by atoms with Crippen molar-refractivity contribution in [3.8, 4) is 11.5 Å². The smallest absolute Gasteiger partial charge is 0.121 e. The maximum absolute atomic E-state index is 6.15. The van der Waals surface area contributed by atoms with Crippen LogP contribution in [0.15, 0.2) is 66.7 Å². The summed E-state index contributed by atoms with van der Waals surface area (Å²) in [5.74, 6) is 3.44. The van der Waals surface area contributed by atoms with Crippen molar-refractivity contribution < 1.29 is 9.47 Å². The lowest BCUT2D eigenvalue weighted by atomic mass is 9.86. The van der Waals surface area contributed by atoms with Crippen molar-refractivity contribution in [2.24, 2.45) is 5.92 Å². The van der Waals surface area contributed by atoms with E-state index in [1.807, 2.05) is 6.07 Å². The Hall–Kier alpha value is -2.94. The van der Waals surface area contributed by atoms with Gasteiger partial charge in [0.25, 0.3) is 0 Å². The topological polar surface area (TPSA) is 30.5 Å². The van der Waals surface area contributed by atoms with Crippen molar-refractivity contribution in [3.63, 3.8) is 0 Å². The van der Waals surface area contributed by atoms with Crippen molar-refractivity contribution in [1.82, 2.24) is 0 Å². The molecule has 0 aromatic heterocycles. The lowest BCUT2D eigenvalue weighted by molar-refractivity contribution is 0.269. The van der Waals surface area contributed by atoms with Crippen molar-refractivity contribution >= 4 is 11.4 Å². The maximum atomic E-state index is 6.15. The van der Waals surface area contributed by atoms with Crippen LogP contribution in [0.2, 0.25) is 0 Å². The molecule has 2 saturated carbocycles. The van der Waals surface area contributed by atoms with E-state index in [2.05, 4.69) is 72.9 Å². The van der Waals surface area contributed by atoms with Gasteiger partial charge in [-0.1, -0.05) is 68.5 Å². The molecule has 0 atom stereocenters. The SMILES string of the molecule is Cc1ccc(OCCCC2CCCCC2)cc1Nc1ccc(OCc2ccccc2)cc1C1CC1. The van der Waals surface area contributed by atoms with E-state index in [4.69, 9.17) is 9.47 Å². The summed E-state index contributed by atoms with van der Waals surface area (Å²) in [5, 5.41) is 3.71. The van der Waals surface area contributed by atoms with Gasteiger partial charge < -0.3 is 14.8 Å². The molecule has 35 heavy (non-hydrogen) atoms. The van der Waals surface area contributed by atoms with Gasteiger partial charge >= 0.3 is 0 Å². The van der Waals surface area contributed by atoms with Gasteiger partial charge in [0.15, 0.2) is 0 Å². The average molecular weight is 470 g/mol. The van der Waals surface area contributed by atoms with Crippen LogP contribution in [0.3, 0.4) is 0 Å². The second-order valence-corrected chi connectivity index (χ2v) is 10.4. The summed E-state index contributed by atoms with van der Waals surface area (Å²) >= 11 is 0. The average Bonchev–Trinajstić information content (AvgIpc) is 3.74. The minimum absolute atomic E-state index is 0.594. The van der Waals surface area contributed by atoms with Gasteiger partial charge in [-0.2, -0.15) is 0 Å². The number of anilines is 2. The van der Waals surface area contributed by atoms with Crippen LogP contribution in [0.4, 0.5) is 11.4 Å². The third kappa shape index (κ3) is 6.81. The van der Waals surface area contributed by atoms with E-state index >= 15 is 0 Å². The molecule has 0 amide bonds. The fourth-order valence-corrected chi connectivity index (χ4v) is 5.23. The van der Waals surface area contributed by atoms with E-state index in [1.165, 1.54) is 73.7 Å². The molecule has 0 heterocycles. The molecule has 3 aromatic carbocycles. The third-order valence-electron chi connectivity index (χ3n) is 7.52. The minimum atomic E-state index is 0.594. The van der Waals surface area contributed by atoms with Gasteiger partial charge in [-0.15, -0.1) is 0 Å². The summed E-state index contributed by atoms with van der Waals surface area (Å²) in [6.45, 7) is 3.56. The molecular weight excluding hydrogens is 430 g/mol. The Balaban J connectivity index is 1.20. The summed E-state index contributed by atoms with van der Waals surface area (Å²) in [4.78, 5) is 0. The van der Waals surface area contributed by atoms with Crippen LogP contribution in [-0.2, 0) is 6.61 Å². The Morgan fingerprint density at radius 3 is 2.34 bits per heavy atom. The van der Waals surface area contributed by atoms with E-state index in [0.717, 1.165) is 36.1 Å². The van der Waals surface area contributed by atoms with E-state index in [9.17, 15) is 0 Å². The highest BCUT2D eigenvalue weighted by Crippen LogP contribution is 2.45. The van der Waals surface area contributed by atoms with Gasteiger partial charge in [0.1, 0.15) is 18.1 Å².